The van der Waals surface area contributed by atoms with E-state index >= 15 is 0 Å². The number of nitrogens with one attached hydrogen (secondary N) is 1. The molecule has 0 atom stereocenters. The zero-order chi connectivity index (χ0) is 20.4. The van der Waals surface area contributed by atoms with Gasteiger partial charge in [0.25, 0.3) is 0 Å². The topological polar surface area (TPSA) is 108 Å². The maximum Gasteiger partial charge on any atom is 0.421 e. The Hall–Kier alpha value is -2.15. The Morgan fingerprint density at radius 2 is 1.48 bits per heavy atom. The monoisotopic (exact) mass is 378 g/mol. The minimum absolute atomic E-state index is 0.0981. The van der Waals surface area contributed by atoms with Crippen molar-refractivity contribution in [2.75, 3.05) is 13.1 Å². The minimum atomic E-state index is -1.87. The number of nitrogens with two attached hydrogens (primary N) is 1. The third-order valence-electron chi connectivity index (χ3n) is 6.24. The van der Waals surface area contributed by atoms with Crippen molar-refractivity contribution in [3.8, 4) is 0 Å². The van der Waals surface area contributed by atoms with E-state index < -0.39 is 23.6 Å². The molecule has 1 saturated heterocycles. The lowest BCUT2D eigenvalue weighted by Crippen LogP contribution is -2.49. The van der Waals surface area contributed by atoms with E-state index in [9.17, 15) is 14.4 Å². The van der Waals surface area contributed by atoms with Gasteiger partial charge >= 0.3 is 23.6 Å². The summed E-state index contributed by atoms with van der Waals surface area (Å²) in [5.41, 5.74) is 10.5. The normalized spacial score (nSPS) is 20.8. The van der Waals surface area contributed by atoms with Gasteiger partial charge in [-0.2, -0.15) is 0 Å². The van der Waals surface area contributed by atoms with Gasteiger partial charge in [-0.1, -0.05) is 18.1 Å². The number of unbranched alkanes of at least 4 members (excludes halogenated alkanes) is 1. The van der Waals surface area contributed by atoms with E-state index in [1.807, 2.05) is 0 Å². The van der Waals surface area contributed by atoms with Gasteiger partial charge in [0.1, 0.15) is 0 Å². The van der Waals surface area contributed by atoms with Gasteiger partial charge in [0, 0.05) is 18.4 Å². The zero-order valence-corrected chi connectivity index (χ0v) is 16.9. The highest BCUT2D eigenvalue weighted by atomic mass is 16.8. The number of ether oxygens (including phenoxy) is 2. The second kappa shape index (κ2) is 7.84. The molecule has 0 bridgehead atoms. The molecule has 1 aliphatic carbocycles. The van der Waals surface area contributed by atoms with E-state index in [1.54, 1.807) is 0 Å². The van der Waals surface area contributed by atoms with Crippen molar-refractivity contribution in [1.82, 2.24) is 5.32 Å². The van der Waals surface area contributed by atoms with Crippen molar-refractivity contribution < 1.29 is 23.9 Å². The van der Waals surface area contributed by atoms with Gasteiger partial charge in [0.2, 0.25) is 0 Å². The smallest absolute Gasteiger partial charge is 0.405 e. The molecule has 0 radical (unpaired) electrons. The van der Waals surface area contributed by atoms with E-state index in [-0.39, 0.29) is 11.8 Å². The first-order chi connectivity index (χ1) is 12.6. The molecule has 1 fully saturated rings. The summed E-state index contributed by atoms with van der Waals surface area (Å²) in [7, 11) is 0. The Kier molecular flexibility index (Phi) is 6.14. The number of esters is 2. The second-order valence-corrected chi connectivity index (χ2v) is 7.62. The van der Waals surface area contributed by atoms with Crippen LogP contribution in [0.25, 0.3) is 0 Å². The summed E-state index contributed by atoms with van der Waals surface area (Å²) in [5, 5.41) is 2.79. The van der Waals surface area contributed by atoms with E-state index in [4.69, 9.17) is 15.2 Å². The minimum Gasteiger partial charge on any atom is -0.405 e. The van der Waals surface area contributed by atoms with Crippen molar-refractivity contribution in [2.45, 2.75) is 66.1 Å². The fourth-order valence-corrected chi connectivity index (χ4v) is 3.82. The molecule has 0 unspecified atom stereocenters. The molecule has 3 N–H and O–H groups in total. The van der Waals surface area contributed by atoms with Crippen LogP contribution in [0.2, 0.25) is 0 Å². The van der Waals surface area contributed by atoms with Gasteiger partial charge in [-0.05, 0) is 64.6 Å². The summed E-state index contributed by atoms with van der Waals surface area (Å²) in [5.74, 6) is -4.74. The van der Waals surface area contributed by atoms with Gasteiger partial charge < -0.3 is 20.5 Å². The van der Waals surface area contributed by atoms with Crippen molar-refractivity contribution in [2.24, 2.45) is 11.1 Å². The highest BCUT2D eigenvalue weighted by molar-refractivity contribution is 6.32. The van der Waals surface area contributed by atoms with Crippen LogP contribution < -0.4 is 11.1 Å². The van der Waals surface area contributed by atoms with Gasteiger partial charge in [0.05, 0.1) is 0 Å². The van der Waals surface area contributed by atoms with Crippen LogP contribution in [-0.2, 0) is 23.9 Å². The molecule has 0 saturated carbocycles. The van der Waals surface area contributed by atoms with Crippen LogP contribution in [0, 0.1) is 5.41 Å². The Bertz CT molecular complexity index is 680. The first kappa shape index (κ1) is 21.2. The molecule has 7 nitrogen and oxygen atoms in total. The SMILES string of the molecule is CC1=C(C)C(C)(CCNC(=O)C2(CCCCN)OC(=O)C(=O)O2)C(C)=C1C. The molecule has 2 aliphatic rings. The van der Waals surface area contributed by atoms with Crippen LogP contribution in [0.15, 0.2) is 22.3 Å². The Labute approximate surface area is 160 Å². The summed E-state index contributed by atoms with van der Waals surface area (Å²) in [6.07, 6.45) is 1.94. The predicted octanol–water partition coefficient (Wildman–Crippen LogP) is 2.11. The largest absolute Gasteiger partial charge is 0.421 e. The van der Waals surface area contributed by atoms with Crippen LogP contribution in [0.3, 0.4) is 0 Å². The maximum atomic E-state index is 12.7. The molecular weight excluding hydrogens is 348 g/mol. The Balaban J connectivity index is 2.05. The van der Waals surface area contributed by atoms with Gasteiger partial charge in [-0.25, -0.2) is 9.59 Å². The quantitative estimate of drug-likeness (QED) is 0.380. The van der Waals surface area contributed by atoms with Gasteiger partial charge in [0.15, 0.2) is 0 Å². The first-order valence-corrected chi connectivity index (χ1v) is 9.40. The number of cyclic esters (lactones) is 2. The zero-order valence-electron chi connectivity index (χ0n) is 16.9. The number of amides is 1. The summed E-state index contributed by atoms with van der Waals surface area (Å²) in [6.45, 7) is 11.4. The number of rotatable bonds is 8. The number of carbonyl (C=O) groups excluding carboxylic acids is 3. The molecule has 0 aromatic heterocycles. The van der Waals surface area contributed by atoms with Crippen LogP contribution in [0.1, 0.15) is 60.3 Å². The number of carbonyl (C=O) groups is 3. The third-order valence-corrected chi connectivity index (χ3v) is 6.24. The molecule has 2 rings (SSSR count). The molecule has 0 spiro atoms. The molecular formula is C20H30N2O5. The lowest BCUT2D eigenvalue weighted by molar-refractivity contribution is -0.192. The number of allylic oxidation sites excluding steroid dienone is 4. The van der Waals surface area contributed by atoms with Crippen molar-refractivity contribution in [3.05, 3.63) is 22.3 Å². The number of hydrogen-bond acceptors (Lipinski definition) is 6. The summed E-state index contributed by atoms with van der Waals surface area (Å²) in [6, 6.07) is 0. The molecule has 150 valence electrons. The standard InChI is InChI=1S/C20H30N2O5/c1-12-13(2)15(4)19(5,14(12)3)9-11-22-18(25)20(8-6-7-10-21)26-16(23)17(24)27-20/h6-11,21H2,1-5H3,(H,22,25). The fraction of sp³-hybridized carbons (Fsp3) is 0.650. The second-order valence-electron chi connectivity index (χ2n) is 7.62. The van der Waals surface area contributed by atoms with Crippen molar-refractivity contribution >= 4 is 17.8 Å². The molecule has 0 aromatic rings. The average Bonchev–Trinajstić information content (AvgIpc) is 3.00. The number of hydrogen-bond donors (Lipinski definition) is 2. The van der Waals surface area contributed by atoms with E-state index in [1.165, 1.54) is 22.3 Å². The van der Waals surface area contributed by atoms with Crippen LogP contribution in [-0.4, -0.2) is 36.7 Å². The van der Waals surface area contributed by atoms with Crippen molar-refractivity contribution in [1.29, 1.82) is 0 Å². The van der Waals surface area contributed by atoms with Gasteiger partial charge in [-0.15, -0.1) is 0 Å². The van der Waals surface area contributed by atoms with Crippen LogP contribution in [0.4, 0.5) is 0 Å². The lowest BCUT2D eigenvalue weighted by Gasteiger charge is -2.30. The fourth-order valence-electron chi connectivity index (χ4n) is 3.82. The third kappa shape index (κ3) is 3.78. The Morgan fingerprint density at radius 3 is 1.96 bits per heavy atom. The molecule has 0 aromatic carbocycles. The van der Waals surface area contributed by atoms with E-state index in [2.05, 4.69) is 39.9 Å². The predicted molar refractivity (Wildman–Crippen MR) is 100 cm³/mol. The average molecular weight is 378 g/mol. The highest BCUT2D eigenvalue weighted by Crippen LogP contribution is 2.48. The van der Waals surface area contributed by atoms with Gasteiger partial charge in [-0.3, -0.25) is 4.79 Å². The lowest BCUT2D eigenvalue weighted by atomic mass is 9.76. The molecule has 27 heavy (non-hydrogen) atoms. The maximum absolute atomic E-state index is 12.7. The molecule has 1 amide bonds. The van der Waals surface area contributed by atoms with E-state index in [0.717, 1.165) is 0 Å². The van der Waals surface area contributed by atoms with Crippen LogP contribution >= 0.6 is 0 Å². The summed E-state index contributed by atoms with van der Waals surface area (Å²) in [4.78, 5) is 35.7. The molecule has 7 heteroatoms. The van der Waals surface area contributed by atoms with Crippen LogP contribution in [0.5, 0.6) is 0 Å². The molecule has 1 heterocycles. The summed E-state index contributed by atoms with van der Waals surface area (Å²) >= 11 is 0. The Morgan fingerprint density at radius 1 is 0.963 bits per heavy atom. The summed E-state index contributed by atoms with van der Waals surface area (Å²) < 4.78 is 10.0. The van der Waals surface area contributed by atoms with E-state index in [0.29, 0.717) is 32.4 Å². The highest BCUT2D eigenvalue weighted by Gasteiger charge is 2.54. The first-order valence-electron chi connectivity index (χ1n) is 9.40. The van der Waals surface area contributed by atoms with Crippen molar-refractivity contribution in [3.63, 3.8) is 0 Å². The molecule has 1 aliphatic heterocycles.